The van der Waals surface area contributed by atoms with Gasteiger partial charge in [0.15, 0.2) is 9.84 Å². The Balaban J connectivity index is 1.88. The van der Waals surface area contributed by atoms with Gasteiger partial charge in [-0.05, 0) is 55.5 Å². The van der Waals surface area contributed by atoms with Gasteiger partial charge in [0.2, 0.25) is 0 Å². The lowest BCUT2D eigenvalue weighted by atomic mass is 10.1. The van der Waals surface area contributed by atoms with Crippen molar-refractivity contribution in [3.63, 3.8) is 0 Å². The molecule has 0 fully saturated rings. The van der Waals surface area contributed by atoms with Crippen LogP contribution in [0.25, 0.3) is 11.3 Å². The van der Waals surface area contributed by atoms with Crippen LogP contribution in [0.15, 0.2) is 59.5 Å². The molecule has 36 heavy (non-hydrogen) atoms. The molecular formula is C25H28N2O8S. The van der Waals surface area contributed by atoms with Gasteiger partial charge < -0.3 is 29.2 Å². The van der Waals surface area contributed by atoms with Crippen molar-refractivity contribution in [3.05, 3.63) is 60.3 Å². The van der Waals surface area contributed by atoms with Gasteiger partial charge in [-0.2, -0.15) is 0 Å². The minimum atomic E-state index is -3.33. The van der Waals surface area contributed by atoms with E-state index in [0.717, 1.165) is 6.26 Å². The first-order valence-electron chi connectivity index (χ1n) is 10.9. The molecule has 0 aliphatic carbocycles. The molecule has 0 spiro atoms. The Morgan fingerprint density at radius 3 is 2.31 bits per heavy atom. The minimum absolute atomic E-state index is 0.186. The first kappa shape index (κ1) is 26.8. The maximum Gasteiger partial charge on any atom is 0.325 e. The molecule has 3 aromatic rings. The van der Waals surface area contributed by atoms with E-state index < -0.39 is 21.7 Å². The van der Waals surface area contributed by atoms with E-state index in [1.165, 1.54) is 19.2 Å². The molecule has 0 radical (unpaired) electrons. The lowest BCUT2D eigenvalue weighted by molar-refractivity contribution is -0.139. The molecule has 2 aromatic carbocycles. The number of carbonyl (C=O) groups excluding carboxylic acids is 2. The molecule has 2 N–H and O–H groups in total. The van der Waals surface area contributed by atoms with Gasteiger partial charge in [0, 0.05) is 30.7 Å². The number of ether oxygens (including phenoxy) is 4. The first-order chi connectivity index (χ1) is 17.1. The van der Waals surface area contributed by atoms with E-state index in [0.29, 0.717) is 35.1 Å². The van der Waals surface area contributed by atoms with Crippen molar-refractivity contribution in [3.8, 4) is 28.5 Å². The van der Waals surface area contributed by atoms with Gasteiger partial charge in [0.25, 0.3) is 5.91 Å². The molecule has 1 atom stereocenters. The second kappa shape index (κ2) is 11.7. The van der Waals surface area contributed by atoms with E-state index in [9.17, 15) is 18.0 Å². The Hall–Kier alpha value is -3.83. The fraction of sp³-hybridized carbons (Fsp3) is 0.280. The third-order valence-corrected chi connectivity index (χ3v) is 6.10. The number of esters is 1. The second-order valence-corrected chi connectivity index (χ2v) is 9.98. The molecule has 192 valence electrons. The number of aromatic amines is 1. The lowest BCUT2D eigenvalue weighted by Crippen LogP contribution is -2.30. The van der Waals surface area contributed by atoms with Gasteiger partial charge in [-0.15, -0.1) is 0 Å². The number of hydrogen-bond acceptors (Lipinski definition) is 8. The average molecular weight is 517 g/mol. The summed E-state index contributed by atoms with van der Waals surface area (Å²) in [5, 5.41) is 2.47. The van der Waals surface area contributed by atoms with Gasteiger partial charge in [-0.3, -0.25) is 9.59 Å². The van der Waals surface area contributed by atoms with E-state index >= 15 is 0 Å². The van der Waals surface area contributed by atoms with Crippen LogP contribution in [0.4, 0.5) is 0 Å². The molecule has 1 aromatic heterocycles. The first-order valence-corrected chi connectivity index (χ1v) is 12.8. The minimum Gasteiger partial charge on any atom is -0.488 e. The van der Waals surface area contributed by atoms with Crippen molar-refractivity contribution in [1.82, 2.24) is 10.3 Å². The summed E-state index contributed by atoms with van der Waals surface area (Å²) >= 11 is 0. The summed E-state index contributed by atoms with van der Waals surface area (Å²) in [5.74, 6) is 0.355. The number of benzene rings is 2. The summed E-state index contributed by atoms with van der Waals surface area (Å²) in [4.78, 5) is 26.8. The number of sulfone groups is 1. The zero-order valence-electron chi connectivity index (χ0n) is 20.4. The number of amides is 1. The van der Waals surface area contributed by atoms with Crippen LogP contribution in [0.1, 0.15) is 17.4 Å². The van der Waals surface area contributed by atoms with Crippen molar-refractivity contribution in [2.75, 3.05) is 33.6 Å². The smallest absolute Gasteiger partial charge is 0.325 e. The predicted octanol–water partition coefficient (Wildman–Crippen LogP) is 3.19. The molecule has 10 nitrogen and oxygen atoms in total. The maximum atomic E-state index is 12.3. The molecular weight excluding hydrogens is 488 g/mol. The van der Waals surface area contributed by atoms with Gasteiger partial charge in [-0.25, -0.2) is 8.42 Å². The Kier molecular flexibility index (Phi) is 8.73. The van der Waals surface area contributed by atoms with Gasteiger partial charge in [0.05, 0.1) is 18.6 Å². The van der Waals surface area contributed by atoms with Crippen LogP contribution in [-0.4, -0.2) is 65.0 Å². The van der Waals surface area contributed by atoms with Gasteiger partial charge in [0.1, 0.15) is 35.6 Å². The third-order valence-electron chi connectivity index (χ3n) is 4.97. The van der Waals surface area contributed by atoms with E-state index in [1.807, 2.05) is 6.92 Å². The number of rotatable bonds is 11. The third kappa shape index (κ3) is 7.33. The van der Waals surface area contributed by atoms with Crippen LogP contribution in [0, 0.1) is 0 Å². The number of nitrogens with one attached hydrogen (secondary N) is 2. The highest BCUT2D eigenvalue weighted by Gasteiger charge is 2.14. The highest BCUT2D eigenvalue weighted by Crippen LogP contribution is 2.33. The van der Waals surface area contributed by atoms with Crippen molar-refractivity contribution in [2.24, 2.45) is 0 Å². The van der Waals surface area contributed by atoms with Crippen LogP contribution in [0.3, 0.4) is 0 Å². The molecule has 0 aliphatic heterocycles. The molecule has 0 saturated carbocycles. The van der Waals surface area contributed by atoms with E-state index in [2.05, 4.69) is 15.0 Å². The Labute approximate surface area is 209 Å². The van der Waals surface area contributed by atoms with E-state index in [4.69, 9.17) is 14.2 Å². The molecule has 11 heteroatoms. The van der Waals surface area contributed by atoms with Crippen molar-refractivity contribution >= 4 is 21.7 Å². The average Bonchev–Trinajstić information content (AvgIpc) is 3.32. The Morgan fingerprint density at radius 2 is 1.67 bits per heavy atom. The normalized spacial score (nSPS) is 12.0. The monoisotopic (exact) mass is 516 g/mol. The molecule has 1 amide bonds. The van der Waals surface area contributed by atoms with Crippen LogP contribution < -0.4 is 14.8 Å². The predicted molar refractivity (Wildman–Crippen MR) is 132 cm³/mol. The summed E-state index contributed by atoms with van der Waals surface area (Å²) in [6.07, 6.45) is 0.896. The van der Waals surface area contributed by atoms with Crippen LogP contribution in [0.5, 0.6) is 17.2 Å². The molecule has 3 rings (SSSR count). The zero-order chi connectivity index (χ0) is 26.3. The van der Waals surface area contributed by atoms with Crippen LogP contribution >= 0.6 is 0 Å². The standard InChI is InChI=1S/C25H28N2O8S/c1-16(15-32-2)34-19-11-17(22-9-10-23(27-22)25(29)26-14-24(28)33-3)12-20(13-19)35-18-5-7-21(8-6-18)36(4,30)31/h5-13,16,27H,14-15H2,1-4H3,(H,26,29)/t16-/m0/s1. The summed E-state index contributed by atoms with van der Waals surface area (Å²) < 4.78 is 45.0. The molecule has 0 bridgehead atoms. The molecule has 1 heterocycles. The maximum absolute atomic E-state index is 12.3. The van der Waals surface area contributed by atoms with E-state index in [-0.39, 0.29) is 23.2 Å². The van der Waals surface area contributed by atoms with Crippen LogP contribution in [0.2, 0.25) is 0 Å². The highest BCUT2D eigenvalue weighted by molar-refractivity contribution is 7.90. The molecule has 0 unspecified atom stereocenters. The van der Waals surface area contributed by atoms with Crippen molar-refractivity contribution in [1.29, 1.82) is 0 Å². The fourth-order valence-electron chi connectivity index (χ4n) is 3.26. The fourth-order valence-corrected chi connectivity index (χ4v) is 3.89. The molecule has 0 aliphatic rings. The number of carbonyl (C=O) groups is 2. The lowest BCUT2D eigenvalue weighted by Gasteiger charge is -2.16. The summed E-state index contributed by atoms with van der Waals surface area (Å²) in [7, 11) is -0.506. The Morgan fingerprint density at radius 1 is 0.972 bits per heavy atom. The van der Waals surface area contributed by atoms with Gasteiger partial charge in [-0.1, -0.05) is 0 Å². The summed E-state index contributed by atoms with van der Waals surface area (Å²) in [6, 6.07) is 14.6. The SMILES string of the molecule is COC[C@H](C)Oc1cc(Oc2ccc(S(C)(=O)=O)cc2)cc(-c2ccc(C(=O)NCC(=O)OC)[nH]2)c1. The number of methoxy groups -OCH3 is 2. The zero-order valence-corrected chi connectivity index (χ0v) is 21.2. The summed E-state index contributed by atoms with van der Waals surface area (Å²) in [5.41, 5.74) is 1.54. The quantitative estimate of drug-likeness (QED) is 0.371. The largest absolute Gasteiger partial charge is 0.488 e. The number of aromatic nitrogens is 1. The van der Waals surface area contributed by atoms with E-state index in [1.54, 1.807) is 49.6 Å². The second-order valence-electron chi connectivity index (χ2n) is 7.97. The van der Waals surface area contributed by atoms with Gasteiger partial charge >= 0.3 is 5.97 Å². The van der Waals surface area contributed by atoms with Crippen molar-refractivity contribution in [2.45, 2.75) is 17.9 Å². The topological polar surface area (TPSA) is 133 Å². The molecule has 0 saturated heterocycles. The highest BCUT2D eigenvalue weighted by atomic mass is 32.2. The number of H-pyrrole nitrogens is 1. The van der Waals surface area contributed by atoms with Crippen molar-refractivity contribution < 1.29 is 37.0 Å². The Bertz CT molecular complexity index is 1320. The number of hydrogen-bond donors (Lipinski definition) is 2. The summed E-state index contributed by atoms with van der Waals surface area (Å²) in [6.45, 7) is 1.99. The van der Waals surface area contributed by atoms with Crippen LogP contribution in [-0.2, 0) is 24.1 Å².